The van der Waals surface area contributed by atoms with Crippen molar-refractivity contribution in [2.75, 3.05) is 26.1 Å². The van der Waals surface area contributed by atoms with E-state index < -0.39 is 21.8 Å². The van der Waals surface area contributed by atoms with E-state index in [0.717, 1.165) is 18.5 Å². The molecule has 4 rings (SSSR count). The number of allylic oxidation sites excluding steroid dienone is 2. The Kier molecular flexibility index (Phi) is 7.99. The number of aryl methyl sites for hydroxylation is 1. The highest BCUT2D eigenvalue weighted by Crippen LogP contribution is 2.40. The number of amidine groups is 1. The number of methoxy groups -OCH3 is 2. The number of nitrogens with zero attached hydrogens (tertiary/aromatic N) is 3. The van der Waals surface area contributed by atoms with E-state index >= 15 is 0 Å². The Morgan fingerprint density at radius 2 is 1.97 bits per heavy atom. The molecule has 206 valence electrons. The quantitative estimate of drug-likeness (QED) is 0.352. The van der Waals surface area contributed by atoms with Gasteiger partial charge in [-0.2, -0.15) is 9.82 Å². The topological polar surface area (TPSA) is 148 Å². The molecule has 1 unspecified atom stereocenters. The number of aromatic nitrogens is 2. The molecule has 13 heteroatoms. The summed E-state index contributed by atoms with van der Waals surface area (Å²) in [6.07, 6.45) is 6.59. The number of ether oxygens (including phenoxy) is 3. The molecule has 0 saturated heterocycles. The highest BCUT2D eigenvalue weighted by atomic mass is 32.2. The molecule has 1 aliphatic carbocycles. The van der Waals surface area contributed by atoms with Gasteiger partial charge in [0, 0.05) is 31.8 Å². The summed E-state index contributed by atoms with van der Waals surface area (Å²) in [6, 6.07) is 4.80. The highest BCUT2D eigenvalue weighted by molar-refractivity contribution is 7.89. The summed E-state index contributed by atoms with van der Waals surface area (Å²) in [5, 5.41) is 20.5. The molecule has 0 amide bonds. The monoisotopic (exact) mass is 546 g/mol. The molecule has 1 aliphatic heterocycles. The molecule has 38 heavy (non-hydrogen) atoms. The fourth-order valence-corrected chi connectivity index (χ4v) is 4.96. The number of benzene rings is 1. The van der Waals surface area contributed by atoms with Gasteiger partial charge in [-0.05, 0) is 32.8 Å². The second-order valence-electron chi connectivity index (χ2n) is 9.55. The first-order valence-electron chi connectivity index (χ1n) is 12.1. The molecular formula is C25H34N6O6S. The maximum Gasteiger partial charge on any atom is 0.261 e. The van der Waals surface area contributed by atoms with E-state index in [9.17, 15) is 13.5 Å². The lowest BCUT2D eigenvalue weighted by Crippen LogP contribution is -2.54. The van der Waals surface area contributed by atoms with E-state index in [1.165, 1.54) is 25.0 Å². The van der Waals surface area contributed by atoms with Gasteiger partial charge in [-0.1, -0.05) is 12.2 Å². The van der Waals surface area contributed by atoms with Crippen molar-refractivity contribution in [2.24, 2.45) is 12.0 Å². The van der Waals surface area contributed by atoms with Crippen molar-refractivity contribution in [3.05, 3.63) is 47.9 Å². The molecule has 2 aromatic rings. The number of hydrogen-bond donors (Lipinski definition) is 4. The lowest BCUT2D eigenvalue weighted by molar-refractivity contribution is 0.0550. The molecule has 2 heterocycles. The third-order valence-electron chi connectivity index (χ3n) is 5.89. The van der Waals surface area contributed by atoms with Gasteiger partial charge in [-0.15, -0.1) is 0 Å². The number of sulfonamides is 1. The molecule has 0 bridgehead atoms. The van der Waals surface area contributed by atoms with Crippen LogP contribution in [-0.4, -0.2) is 61.7 Å². The third-order valence-corrected chi connectivity index (χ3v) is 7.20. The van der Waals surface area contributed by atoms with Crippen molar-refractivity contribution in [1.82, 2.24) is 19.8 Å². The van der Waals surface area contributed by atoms with Crippen LogP contribution in [0.25, 0.3) is 0 Å². The van der Waals surface area contributed by atoms with Gasteiger partial charge in [0.05, 0.1) is 43.5 Å². The molecule has 2 aliphatic rings. The maximum absolute atomic E-state index is 13.1. The van der Waals surface area contributed by atoms with Gasteiger partial charge < -0.3 is 30.0 Å². The van der Waals surface area contributed by atoms with Crippen molar-refractivity contribution >= 4 is 21.5 Å². The Hall–Kier alpha value is -3.55. The van der Waals surface area contributed by atoms with E-state index in [1.54, 1.807) is 39.2 Å². The third kappa shape index (κ3) is 6.47. The number of anilines is 1. The minimum Gasteiger partial charge on any atom is -0.497 e. The molecule has 0 spiro atoms. The summed E-state index contributed by atoms with van der Waals surface area (Å²) >= 11 is 0. The molecule has 12 nitrogen and oxygen atoms in total. The second-order valence-corrected chi connectivity index (χ2v) is 11.2. The first-order valence-corrected chi connectivity index (χ1v) is 13.6. The van der Waals surface area contributed by atoms with Crippen molar-refractivity contribution in [2.45, 2.75) is 49.9 Å². The number of rotatable bonds is 10. The number of hydrogen-bond acceptors (Lipinski definition) is 10. The van der Waals surface area contributed by atoms with Crippen LogP contribution in [0.1, 0.15) is 33.1 Å². The largest absolute Gasteiger partial charge is 0.497 e. The van der Waals surface area contributed by atoms with Crippen LogP contribution in [0.15, 0.2) is 58.0 Å². The molecule has 0 fully saturated rings. The van der Waals surface area contributed by atoms with Crippen molar-refractivity contribution in [1.29, 1.82) is 0 Å². The zero-order valence-electron chi connectivity index (χ0n) is 22.1. The van der Waals surface area contributed by atoms with Crippen molar-refractivity contribution in [3.63, 3.8) is 0 Å². The zero-order chi connectivity index (χ0) is 27.5. The van der Waals surface area contributed by atoms with Crippen LogP contribution in [0.2, 0.25) is 0 Å². The van der Waals surface area contributed by atoms with Gasteiger partial charge in [0.1, 0.15) is 11.6 Å². The van der Waals surface area contributed by atoms with E-state index in [2.05, 4.69) is 20.5 Å². The molecule has 4 N–H and O–H groups in total. The fraction of sp³-hybridized carbons (Fsp3) is 0.440. The van der Waals surface area contributed by atoms with Gasteiger partial charge >= 0.3 is 0 Å². The molecule has 1 aromatic carbocycles. The van der Waals surface area contributed by atoms with E-state index in [0.29, 0.717) is 35.1 Å². The first kappa shape index (κ1) is 27.5. The molecular weight excluding hydrogens is 512 g/mol. The number of aliphatic imine (C=N–C) groups is 1. The van der Waals surface area contributed by atoms with Crippen LogP contribution < -0.4 is 29.6 Å². The smallest absolute Gasteiger partial charge is 0.261 e. The van der Waals surface area contributed by atoms with Gasteiger partial charge in [0.25, 0.3) is 10.0 Å². The first-order chi connectivity index (χ1) is 18.0. The van der Waals surface area contributed by atoms with E-state index in [-0.39, 0.29) is 17.5 Å². The average molecular weight is 547 g/mol. The van der Waals surface area contributed by atoms with Crippen molar-refractivity contribution < 1.29 is 27.7 Å². The van der Waals surface area contributed by atoms with Crippen LogP contribution in [0, 0.1) is 0 Å². The minimum absolute atomic E-state index is 0.112. The van der Waals surface area contributed by atoms with Gasteiger partial charge in [-0.3, -0.25) is 4.68 Å². The predicted octanol–water partition coefficient (Wildman–Crippen LogP) is 2.26. The normalized spacial score (nSPS) is 17.4. The summed E-state index contributed by atoms with van der Waals surface area (Å²) in [7, 11) is 0.693. The van der Waals surface area contributed by atoms with Crippen LogP contribution in [0.4, 0.5) is 5.69 Å². The lowest BCUT2D eigenvalue weighted by Gasteiger charge is -2.31. The van der Waals surface area contributed by atoms with Gasteiger partial charge in [0.15, 0.2) is 22.7 Å². The number of fused-ring (bicyclic) bond motifs is 1. The maximum atomic E-state index is 13.1. The molecule has 1 aromatic heterocycles. The Balaban J connectivity index is 1.71. The minimum atomic E-state index is -3.99. The summed E-state index contributed by atoms with van der Waals surface area (Å²) in [5.41, 5.74) is 0.963. The van der Waals surface area contributed by atoms with Gasteiger partial charge in [0.2, 0.25) is 0 Å². The highest BCUT2D eigenvalue weighted by Gasteiger charge is 2.32. The van der Waals surface area contributed by atoms with Gasteiger partial charge in [-0.25, -0.2) is 13.4 Å². The number of nitrogens with one attached hydrogen (secondary N) is 3. The van der Waals surface area contributed by atoms with Crippen LogP contribution in [0.5, 0.6) is 17.2 Å². The fourth-order valence-electron chi connectivity index (χ4n) is 3.89. The zero-order valence-corrected chi connectivity index (χ0v) is 22.9. The molecule has 0 saturated carbocycles. The summed E-state index contributed by atoms with van der Waals surface area (Å²) in [6.45, 7) is 3.61. The van der Waals surface area contributed by atoms with E-state index in [1.807, 2.05) is 12.2 Å². The standard InChI is InChI=1S/C25H34N6O6S/c1-25(2,32)11-13-37-22-19(14-16(35-4)15-20(22)36-5)28-23-24(27-18-9-7-6-8-17(18)26-23)30-38(33,34)21-10-12-31(3)29-21/h8-10,12,14-15,24,27,30,32H,6-7,11,13H2,1-5H3,(H,26,28). The SMILES string of the molecule is COc1cc(NC2=NC3=CCCC=C3NC2NS(=O)(=O)c2ccn(C)n2)c(OCCC(C)(C)O)c(OC)c1. The van der Waals surface area contributed by atoms with Crippen LogP contribution in [0.3, 0.4) is 0 Å². The Labute approximate surface area is 222 Å². The lowest BCUT2D eigenvalue weighted by atomic mass is 10.1. The Morgan fingerprint density at radius 1 is 1.21 bits per heavy atom. The second kappa shape index (κ2) is 11.1. The van der Waals surface area contributed by atoms with Crippen LogP contribution >= 0.6 is 0 Å². The summed E-state index contributed by atoms with van der Waals surface area (Å²) in [5.74, 6) is 1.55. The Bertz CT molecular complexity index is 1370. The molecule has 1 atom stereocenters. The van der Waals surface area contributed by atoms with Crippen LogP contribution in [-0.2, 0) is 17.1 Å². The summed E-state index contributed by atoms with van der Waals surface area (Å²) < 4.78 is 47.4. The summed E-state index contributed by atoms with van der Waals surface area (Å²) in [4.78, 5) is 4.74. The van der Waals surface area contributed by atoms with E-state index in [4.69, 9.17) is 19.2 Å². The average Bonchev–Trinajstić information content (AvgIpc) is 3.31. The predicted molar refractivity (Wildman–Crippen MR) is 143 cm³/mol. The number of aliphatic hydroxyl groups is 1. The Morgan fingerprint density at radius 3 is 2.63 bits per heavy atom. The molecule has 0 radical (unpaired) electrons. The van der Waals surface area contributed by atoms with Crippen molar-refractivity contribution in [3.8, 4) is 17.2 Å².